The molecule has 7 aliphatic carbocycles. The van der Waals surface area contributed by atoms with Gasteiger partial charge in [-0.3, -0.25) is 14.4 Å². The van der Waals surface area contributed by atoms with Gasteiger partial charge >= 0.3 is 11.9 Å². The van der Waals surface area contributed by atoms with Crippen LogP contribution in [0.2, 0.25) is 0 Å². The molecule has 59 heavy (non-hydrogen) atoms. The number of aliphatic hydroxyl groups is 1. The maximum Gasteiger partial charge on any atom is 0.343 e. The topological polar surface area (TPSA) is 107 Å². The Balaban J connectivity index is 0.000000165. The fourth-order valence-corrected chi connectivity index (χ4v) is 14.5. The number of carbonyl (C=O) groups is 4. The second kappa shape index (κ2) is 16.4. The summed E-state index contributed by atoms with van der Waals surface area (Å²) in [6, 6.07) is 15.4. The number of fused-ring (bicyclic) bond motifs is 10. The molecule has 7 heteroatoms. The fourth-order valence-electron chi connectivity index (χ4n) is 14.5. The molecule has 318 valence electrons. The first-order chi connectivity index (χ1) is 28.2. The second-order valence-corrected chi connectivity index (χ2v) is 20.4. The monoisotopic (exact) mass is 804 g/mol. The quantitative estimate of drug-likeness (QED) is 0.161. The van der Waals surface area contributed by atoms with Crippen molar-refractivity contribution in [2.45, 2.75) is 168 Å². The first-order valence-corrected chi connectivity index (χ1v) is 23.3. The molecule has 0 aromatic heterocycles. The van der Waals surface area contributed by atoms with Crippen LogP contribution in [0.25, 0.3) is 0 Å². The number of benzene rings is 2. The number of carbonyl (C=O) groups excluding carboxylic acids is 4. The van der Waals surface area contributed by atoms with E-state index in [4.69, 9.17) is 9.47 Å². The van der Waals surface area contributed by atoms with E-state index >= 15 is 0 Å². The fraction of sp³-hybridized carbons (Fsp3) is 0.654. The van der Waals surface area contributed by atoms with Crippen molar-refractivity contribution in [3.8, 4) is 5.75 Å². The zero-order valence-electron chi connectivity index (χ0n) is 36.4. The van der Waals surface area contributed by atoms with E-state index in [-0.39, 0.29) is 45.9 Å². The van der Waals surface area contributed by atoms with E-state index in [9.17, 15) is 24.3 Å². The third kappa shape index (κ3) is 7.27. The number of ether oxygens (including phenoxy) is 2. The normalized spacial score (nSPS) is 37.8. The van der Waals surface area contributed by atoms with Gasteiger partial charge in [0.05, 0.1) is 11.7 Å². The standard InChI is InChI=1S/C27H40O4.C25H28O3/c1-5-6-7-8-24(30)31-27(18(2)28)16-13-23-21-10-9-19-17-20(29)11-14-25(19,3)22(21)12-15-26(23,27)4;1-25-14-13-20-19-10-8-18(28-24(27)16-5-3-2-4-6-16)15-17(19)7-9-21(20)22(25)11-12-23(25)26/h17,21-23H,5-16H2,1-4H3;2-6,8,10,15,20-23,26H,7,9,11-14H2,1H3/t21-,22+,23+,25+,26+,27+;20-,21-,22+,23+,25+/m11/s1. The van der Waals surface area contributed by atoms with Crippen molar-refractivity contribution in [3.63, 3.8) is 0 Å². The van der Waals surface area contributed by atoms with Crippen LogP contribution in [0.3, 0.4) is 0 Å². The van der Waals surface area contributed by atoms with Crippen LogP contribution < -0.4 is 4.74 Å². The summed E-state index contributed by atoms with van der Waals surface area (Å²) in [6.45, 7) is 10.7. The van der Waals surface area contributed by atoms with Gasteiger partial charge in [0.2, 0.25) is 0 Å². The average molecular weight is 805 g/mol. The van der Waals surface area contributed by atoms with E-state index < -0.39 is 5.60 Å². The number of esters is 2. The largest absolute Gasteiger partial charge is 0.450 e. The summed E-state index contributed by atoms with van der Waals surface area (Å²) in [4.78, 5) is 50.2. The first-order valence-electron chi connectivity index (χ1n) is 23.3. The highest BCUT2D eigenvalue weighted by Crippen LogP contribution is 2.68. The maximum absolute atomic E-state index is 13.1. The zero-order valence-corrected chi connectivity index (χ0v) is 36.4. The molecule has 5 saturated carbocycles. The first kappa shape index (κ1) is 42.1. The molecule has 0 unspecified atom stereocenters. The highest BCUT2D eigenvalue weighted by molar-refractivity contribution is 5.92. The molecule has 2 aromatic rings. The molecule has 5 fully saturated rings. The number of allylic oxidation sites excluding steroid dienone is 1. The van der Waals surface area contributed by atoms with Crippen molar-refractivity contribution in [3.05, 3.63) is 76.9 Å². The SMILES string of the molecule is CCCCCC(=O)O[C@]1(C(C)=O)CC[C@H]2[C@@H]3CCC4=CC(=O)CC[C@]4(C)[C@H]3CC[C@@]21C.C[C@]12CC[C@@H]3c4ccc(OC(=O)c5ccccc5)cc4CC[C@H]3[C@@H]1CC[C@@H]2O. The van der Waals surface area contributed by atoms with Crippen LogP contribution in [0.15, 0.2) is 60.2 Å². The van der Waals surface area contributed by atoms with Gasteiger partial charge in [-0.15, -0.1) is 0 Å². The Labute approximate surface area is 352 Å². The lowest BCUT2D eigenvalue weighted by Crippen LogP contribution is -2.58. The number of unbranched alkanes of at least 4 members (excludes halogenated alkanes) is 2. The van der Waals surface area contributed by atoms with Gasteiger partial charge in [-0.1, -0.05) is 70.4 Å². The van der Waals surface area contributed by atoms with Gasteiger partial charge in [0.25, 0.3) is 0 Å². The van der Waals surface area contributed by atoms with Crippen molar-refractivity contribution in [1.82, 2.24) is 0 Å². The van der Waals surface area contributed by atoms with Crippen molar-refractivity contribution in [2.24, 2.45) is 45.8 Å². The molecule has 7 nitrogen and oxygen atoms in total. The van der Waals surface area contributed by atoms with E-state index in [2.05, 4.69) is 39.8 Å². The number of hydrogen-bond acceptors (Lipinski definition) is 7. The van der Waals surface area contributed by atoms with Crippen LogP contribution in [0, 0.1) is 45.8 Å². The van der Waals surface area contributed by atoms with E-state index in [1.807, 2.05) is 30.3 Å². The molecule has 0 bridgehead atoms. The van der Waals surface area contributed by atoms with Crippen LogP contribution in [-0.4, -0.2) is 40.3 Å². The Hall–Kier alpha value is -3.58. The molecule has 0 heterocycles. The third-order valence-electron chi connectivity index (χ3n) is 17.8. The van der Waals surface area contributed by atoms with Gasteiger partial charge in [-0.25, -0.2) is 4.79 Å². The van der Waals surface area contributed by atoms with Crippen molar-refractivity contribution in [2.75, 3.05) is 0 Å². The van der Waals surface area contributed by atoms with Crippen LogP contribution in [0.5, 0.6) is 5.75 Å². The highest BCUT2D eigenvalue weighted by Gasteiger charge is 2.68. The summed E-state index contributed by atoms with van der Waals surface area (Å²) in [5.74, 6) is 3.91. The summed E-state index contributed by atoms with van der Waals surface area (Å²) >= 11 is 0. The molecule has 7 aliphatic rings. The van der Waals surface area contributed by atoms with Crippen molar-refractivity contribution >= 4 is 23.5 Å². The number of aliphatic hydroxyl groups excluding tert-OH is 1. The molecule has 0 aliphatic heterocycles. The van der Waals surface area contributed by atoms with E-state index in [1.54, 1.807) is 19.1 Å². The lowest BCUT2D eigenvalue weighted by atomic mass is 9.46. The third-order valence-corrected chi connectivity index (χ3v) is 17.8. The molecule has 11 atom stereocenters. The van der Waals surface area contributed by atoms with Gasteiger partial charge in [0.15, 0.2) is 17.2 Å². The molecule has 1 N–H and O–H groups in total. The minimum Gasteiger partial charge on any atom is -0.450 e. The van der Waals surface area contributed by atoms with E-state index in [0.717, 1.165) is 83.5 Å². The Morgan fingerprint density at radius 3 is 2.31 bits per heavy atom. The average Bonchev–Trinajstić information content (AvgIpc) is 3.71. The maximum atomic E-state index is 13.1. The lowest BCUT2D eigenvalue weighted by Gasteiger charge is -2.59. The molecule has 0 amide bonds. The van der Waals surface area contributed by atoms with Gasteiger partial charge in [-0.05, 0) is 185 Å². The molecule has 0 spiro atoms. The Kier molecular flexibility index (Phi) is 11.7. The predicted octanol–water partition coefficient (Wildman–Crippen LogP) is 11.1. The molecular weight excluding hydrogens is 737 g/mol. The zero-order chi connectivity index (χ0) is 41.7. The smallest absolute Gasteiger partial charge is 0.343 e. The van der Waals surface area contributed by atoms with Crippen LogP contribution in [0.1, 0.15) is 171 Å². The number of aryl methyl sites for hydroxylation is 1. The van der Waals surface area contributed by atoms with Crippen LogP contribution >= 0.6 is 0 Å². The Bertz CT molecular complexity index is 1970. The van der Waals surface area contributed by atoms with Gasteiger partial charge < -0.3 is 14.6 Å². The summed E-state index contributed by atoms with van der Waals surface area (Å²) in [6.07, 6.45) is 19.1. The second-order valence-electron chi connectivity index (χ2n) is 20.4. The van der Waals surface area contributed by atoms with Crippen LogP contribution in [-0.2, 0) is 25.5 Å². The van der Waals surface area contributed by atoms with Gasteiger partial charge in [0.1, 0.15) is 5.75 Å². The summed E-state index contributed by atoms with van der Waals surface area (Å²) in [7, 11) is 0. The number of Topliss-reactive ketones (excluding diaryl/α,β-unsaturated/α-hetero) is 1. The molecular formula is C52H68O7. The summed E-state index contributed by atoms with van der Waals surface area (Å²) < 4.78 is 11.8. The van der Waals surface area contributed by atoms with Gasteiger partial charge in [0, 0.05) is 18.3 Å². The molecule has 9 rings (SSSR count). The van der Waals surface area contributed by atoms with Crippen molar-refractivity contribution in [1.29, 1.82) is 0 Å². The molecule has 0 radical (unpaired) electrons. The number of hydrogen-bond donors (Lipinski definition) is 1. The highest BCUT2D eigenvalue weighted by atomic mass is 16.6. The van der Waals surface area contributed by atoms with E-state index in [0.29, 0.717) is 66.1 Å². The molecule has 0 saturated heterocycles. The summed E-state index contributed by atoms with van der Waals surface area (Å²) in [5, 5.41) is 10.5. The lowest BCUT2D eigenvalue weighted by molar-refractivity contribution is -0.189. The van der Waals surface area contributed by atoms with Gasteiger partial charge in [-0.2, -0.15) is 0 Å². The molecule has 2 aromatic carbocycles. The minimum absolute atomic E-state index is 0.0330. The van der Waals surface area contributed by atoms with E-state index in [1.165, 1.54) is 29.5 Å². The Morgan fingerprint density at radius 1 is 0.780 bits per heavy atom. The number of rotatable bonds is 8. The Morgan fingerprint density at radius 2 is 1.54 bits per heavy atom. The minimum atomic E-state index is -0.953. The van der Waals surface area contributed by atoms with Crippen LogP contribution in [0.4, 0.5) is 0 Å². The predicted molar refractivity (Wildman–Crippen MR) is 229 cm³/mol. The summed E-state index contributed by atoms with van der Waals surface area (Å²) in [5.41, 5.74) is 3.73. The van der Waals surface area contributed by atoms with Crippen molar-refractivity contribution < 1.29 is 33.8 Å². The number of ketones is 2.